The number of aromatic amines is 1. The van der Waals surface area contributed by atoms with Crippen molar-refractivity contribution in [2.45, 2.75) is 38.1 Å². The monoisotopic (exact) mass is 316 g/mol. The van der Waals surface area contributed by atoms with Crippen LogP contribution in [0.25, 0.3) is 11.0 Å². The minimum absolute atomic E-state index is 0.0757. The lowest BCUT2D eigenvalue weighted by atomic mass is 10.1. The molecule has 2 aromatic rings. The smallest absolute Gasteiger partial charge is 0.376 e. The van der Waals surface area contributed by atoms with Crippen molar-refractivity contribution in [1.82, 2.24) is 9.55 Å². The van der Waals surface area contributed by atoms with Crippen molar-refractivity contribution < 1.29 is 17.9 Å². The lowest BCUT2D eigenvalue weighted by Gasteiger charge is -2.23. The predicted molar refractivity (Wildman–Crippen MR) is 75.7 cm³/mol. The van der Waals surface area contributed by atoms with Crippen LogP contribution in [0.2, 0.25) is 0 Å². The predicted octanol–water partition coefficient (Wildman–Crippen LogP) is 4.29. The van der Waals surface area contributed by atoms with Crippen LogP contribution in [0.3, 0.4) is 0 Å². The van der Waals surface area contributed by atoms with Gasteiger partial charge in [-0.3, -0.25) is 0 Å². The number of hydrogen-bond donors (Lipinski definition) is 1. The molecule has 0 amide bonds. The average molecular weight is 316 g/mol. The molecule has 7 heteroatoms. The summed E-state index contributed by atoms with van der Waals surface area (Å²) in [6, 6.07) is 3.65. The highest BCUT2D eigenvalue weighted by molar-refractivity contribution is 7.71. The van der Waals surface area contributed by atoms with Crippen LogP contribution >= 0.6 is 12.2 Å². The molecule has 0 spiro atoms. The fourth-order valence-electron chi connectivity index (χ4n) is 2.68. The fourth-order valence-corrected chi connectivity index (χ4v) is 2.96. The Morgan fingerprint density at radius 3 is 2.81 bits per heavy atom. The Labute approximate surface area is 124 Å². The number of rotatable bonds is 2. The maximum Gasteiger partial charge on any atom is 0.416 e. The van der Waals surface area contributed by atoms with Crippen molar-refractivity contribution in [3.63, 3.8) is 0 Å². The Morgan fingerprint density at radius 2 is 2.14 bits per heavy atom. The van der Waals surface area contributed by atoms with Crippen molar-refractivity contribution in [2.24, 2.45) is 0 Å². The van der Waals surface area contributed by atoms with Gasteiger partial charge in [0.15, 0.2) is 4.77 Å². The second kappa shape index (κ2) is 5.46. The molecule has 114 valence electrons. The number of hydrogen-bond acceptors (Lipinski definition) is 2. The molecule has 0 radical (unpaired) electrons. The molecule has 1 unspecified atom stereocenters. The van der Waals surface area contributed by atoms with Crippen molar-refractivity contribution in [3.05, 3.63) is 28.5 Å². The van der Waals surface area contributed by atoms with Gasteiger partial charge in [-0.2, -0.15) is 13.2 Å². The standard InChI is InChI=1S/C14H15F3N2OS/c15-14(16,17)9-4-5-12-11(7-9)18-13(21)19(12)8-10-3-1-2-6-20-10/h4-5,7,10H,1-3,6,8H2,(H,18,21). The van der Waals surface area contributed by atoms with E-state index in [1.807, 2.05) is 4.57 Å². The van der Waals surface area contributed by atoms with E-state index < -0.39 is 11.7 Å². The second-order valence-corrected chi connectivity index (χ2v) is 5.65. The summed E-state index contributed by atoms with van der Waals surface area (Å²) in [6.45, 7) is 1.31. The fraction of sp³-hybridized carbons (Fsp3) is 0.500. The van der Waals surface area contributed by atoms with E-state index in [4.69, 9.17) is 17.0 Å². The second-order valence-electron chi connectivity index (χ2n) is 5.26. The first-order valence-electron chi connectivity index (χ1n) is 6.86. The number of fused-ring (bicyclic) bond motifs is 1. The molecule has 1 aromatic heterocycles. The van der Waals surface area contributed by atoms with Gasteiger partial charge in [-0.25, -0.2) is 0 Å². The van der Waals surface area contributed by atoms with E-state index in [1.165, 1.54) is 6.07 Å². The van der Waals surface area contributed by atoms with E-state index in [0.717, 1.165) is 38.0 Å². The maximum absolute atomic E-state index is 12.7. The molecule has 1 N–H and O–H groups in total. The third-order valence-electron chi connectivity index (χ3n) is 3.76. The molecule has 21 heavy (non-hydrogen) atoms. The van der Waals surface area contributed by atoms with Crippen LogP contribution in [-0.4, -0.2) is 22.3 Å². The Bertz CT molecular complexity index is 698. The molecule has 1 aromatic carbocycles. The van der Waals surface area contributed by atoms with Crippen molar-refractivity contribution in [1.29, 1.82) is 0 Å². The largest absolute Gasteiger partial charge is 0.416 e. The molecule has 1 atom stereocenters. The van der Waals surface area contributed by atoms with E-state index >= 15 is 0 Å². The maximum atomic E-state index is 12.7. The van der Waals surface area contributed by atoms with Gasteiger partial charge in [-0.05, 0) is 49.7 Å². The van der Waals surface area contributed by atoms with Gasteiger partial charge in [0.2, 0.25) is 0 Å². The summed E-state index contributed by atoms with van der Waals surface area (Å²) >= 11 is 5.23. The van der Waals surface area contributed by atoms with Crippen LogP contribution in [0.5, 0.6) is 0 Å². The molecule has 2 heterocycles. The van der Waals surface area contributed by atoms with Gasteiger partial charge in [0.05, 0.1) is 29.2 Å². The number of H-pyrrole nitrogens is 1. The molecule has 1 aliphatic rings. The summed E-state index contributed by atoms with van der Waals surface area (Å²) < 4.78 is 46.1. The number of nitrogens with one attached hydrogen (secondary N) is 1. The number of nitrogens with zero attached hydrogens (tertiary/aromatic N) is 1. The molecule has 0 bridgehead atoms. The SMILES string of the molecule is FC(F)(F)c1ccc2c(c1)[nH]c(=S)n2CC1CCCCO1. The Balaban J connectivity index is 1.95. The molecule has 0 saturated carbocycles. The first kappa shape index (κ1) is 14.6. The van der Waals surface area contributed by atoms with Gasteiger partial charge >= 0.3 is 6.18 Å². The summed E-state index contributed by atoms with van der Waals surface area (Å²) in [5.41, 5.74) is 0.417. The summed E-state index contributed by atoms with van der Waals surface area (Å²) in [7, 11) is 0. The first-order chi connectivity index (χ1) is 9.95. The molecule has 1 fully saturated rings. The van der Waals surface area contributed by atoms with Crippen LogP contribution in [0, 0.1) is 4.77 Å². The normalized spacial score (nSPS) is 20.0. The Hall–Kier alpha value is -1.34. The van der Waals surface area contributed by atoms with E-state index in [9.17, 15) is 13.2 Å². The van der Waals surface area contributed by atoms with Gasteiger partial charge in [0.25, 0.3) is 0 Å². The van der Waals surface area contributed by atoms with Gasteiger partial charge < -0.3 is 14.3 Å². The highest BCUT2D eigenvalue weighted by Crippen LogP contribution is 2.31. The van der Waals surface area contributed by atoms with Crippen LogP contribution in [0.4, 0.5) is 13.2 Å². The van der Waals surface area contributed by atoms with Gasteiger partial charge in [-0.15, -0.1) is 0 Å². The number of alkyl halides is 3. The topological polar surface area (TPSA) is 29.9 Å². The molecule has 1 saturated heterocycles. The van der Waals surface area contributed by atoms with Crippen LogP contribution in [0.1, 0.15) is 24.8 Å². The third-order valence-corrected chi connectivity index (χ3v) is 4.08. The van der Waals surface area contributed by atoms with E-state index in [0.29, 0.717) is 22.3 Å². The number of ether oxygens (including phenoxy) is 1. The van der Waals surface area contributed by atoms with Crippen LogP contribution in [0.15, 0.2) is 18.2 Å². The zero-order valence-corrected chi connectivity index (χ0v) is 12.1. The lowest BCUT2D eigenvalue weighted by Crippen LogP contribution is -2.24. The highest BCUT2D eigenvalue weighted by Gasteiger charge is 2.30. The van der Waals surface area contributed by atoms with Crippen molar-refractivity contribution >= 4 is 23.3 Å². The Morgan fingerprint density at radius 1 is 1.33 bits per heavy atom. The molecule has 3 nitrogen and oxygen atoms in total. The third kappa shape index (κ3) is 2.98. The zero-order chi connectivity index (χ0) is 15.0. The number of halogens is 3. The first-order valence-corrected chi connectivity index (χ1v) is 7.27. The summed E-state index contributed by atoms with van der Waals surface area (Å²) in [5.74, 6) is 0. The molecule has 3 rings (SSSR count). The summed E-state index contributed by atoms with van der Waals surface area (Å²) in [4.78, 5) is 2.85. The van der Waals surface area contributed by atoms with E-state index in [1.54, 1.807) is 0 Å². The molecular formula is C14H15F3N2OS. The molecule has 1 aliphatic heterocycles. The van der Waals surface area contributed by atoms with Gasteiger partial charge in [0, 0.05) is 6.61 Å². The number of aromatic nitrogens is 2. The molecule has 0 aliphatic carbocycles. The van der Waals surface area contributed by atoms with E-state index in [-0.39, 0.29) is 6.10 Å². The van der Waals surface area contributed by atoms with Crippen LogP contribution in [-0.2, 0) is 17.5 Å². The number of imidazole rings is 1. The summed E-state index contributed by atoms with van der Waals surface area (Å²) in [5, 5.41) is 0. The zero-order valence-electron chi connectivity index (χ0n) is 11.2. The van der Waals surface area contributed by atoms with Crippen molar-refractivity contribution in [2.75, 3.05) is 6.61 Å². The number of benzene rings is 1. The minimum atomic E-state index is -4.35. The van der Waals surface area contributed by atoms with E-state index in [2.05, 4.69) is 4.98 Å². The van der Waals surface area contributed by atoms with Crippen LogP contribution < -0.4 is 0 Å². The lowest BCUT2D eigenvalue weighted by molar-refractivity contribution is -0.137. The van der Waals surface area contributed by atoms with Gasteiger partial charge in [0.1, 0.15) is 0 Å². The molecular weight excluding hydrogens is 301 g/mol. The quantitative estimate of drug-likeness (QED) is 0.838. The Kier molecular flexibility index (Phi) is 3.79. The van der Waals surface area contributed by atoms with Crippen molar-refractivity contribution in [3.8, 4) is 0 Å². The summed E-state index contributed by atoms with van der Waals surface area (Å²) in [6.07, 6.45) is -1.15. The highest BCUT2D eigenvalue weighted by atomic mass is 32.1. The van der Waals surface area contributed by atoms with Gasteiger partial charge in [-0.1, -0.05) is 0 Å². The minimum Gasteiger partial charge on any atom is -0.376 e. The average Bonchev–Trinajstić information content (AvgIpc) is 2.75.